The summed E-state index contributed by atoms with van der Waals surface area (Å²) in [5.74, 6) is -0.115. The molecule has 0 saturated carbocycles. The summed E-state index contributed by atoms with van der Waals surface area (Å²) < 4.78 is 46.9. The van der Waals surface area contributed by atoms with Crippen LogP contribution in [-0.4, -0.2) is 52.2 Å². The largest absolute Gasteiger partial charge is 0.433 e. The number of nitrogens with zero attached hydrogens (tertiary/aromatic N) is 4. The van der Waals surface area contributed by atoms with Gasteiger partial charge in [-0.05, 0) is 18.9 Å². The number of ether oxygens (including phenoxy) is 1. The molecule has 0 aliphatic carbocycles. The van der Waals surface area contributed by atoms with Crippen LogP contribution in [0.1, 0.15) is 63.0 Å². The van der Waals surface area contributed by atoms with Gasteiger partial charge in [0.1, 0.15) is 5.69 Å². The summed E-state index contributed by atoms with van der Waals surface area (Å²) in [5, 5.41) is 4.17. The average molecular weight is 412 g/mol. The lowest BCUT2D eigenvalue weighted by Crippen LogP contribution is -2.38. The molecule has 2 aromatic heterocycles. The van der Waals surface area contributed by atoms with E-state index in [-0.39, 0.29) is 22.9 Å². The average Bonchev–Trinajstić information content (AvgIpc) is 3.09. The van der Waals surface area contributed by atoms with Crippen molar-refractivity contribution in [3.8, 4) is 0 Å². The summed E-state index contributed by atoms with van der Waals surface area (Å²) in [6.45, 7) is 7.09. The minimum absolute atomic E-state index is 0.00954. The van der Waals surface area contributed by atoms with Crippen LogP contribution in [0.2, 0.25) is 0 Å². The fourth-order valence-electron chi connectivity index (χ4n) is 3.54. The van der Waals surface area contributed by atoms with Crippen molar-refractivity contribution in [2.75, 3.05) is 26.8 Å². The van der Waals surface area contributed by atoms with E-state index in [4.69, 9.17) is 4.74 Å². The van der Waals surface area contributed by atoms with Crippen molar-refractivity contribution in [3.63, 3.8) is 0 Å². The van der Waals surface area contributed by atoms with E-state index < -0.39 is 11.9 Å². The third-order valence-corrected chi connectivity index (χ3v) is 5.29. The van der Waals surface area contributed by atoms with Crippen molar-refractivity contribution in [2.24, 2.45) is 0 Å². The molecule has 1 amide bonds. The van der Waals surface area contributed by atoms with Crippen molar-refractivity contribution in [3.05, 3.63) is 29.2 Å². The molecule has 1 saturated heterocycles. The smallest absolute Gasteiger partial charge is 0.384 e. The fraction of sp³-hybridized carbons (Fsp3) is 0.650. The number of piperidine rings is 1. The van der Waals surface area contributed by atoms with Crippen LogP contribution < -0.4 is 0 Å². The number of fused-ring (bicyclic) bond motifs is 1. The van der Waals surface area contributed by atoms with E-state index in [9.17, 15) is 18.0 Å². The molecule has 0 bridgehead atoms. The van der Waals surface area contributed by atoms with Gasteiger partial charge in [0.05, 0.1) is 18.7 Å². The molecule has 160 valence electrons. The van der Waals surface area contributed by atoms with Crippen molar-refractivity contribution in [1.82, 2.24) is 19.5 Å². The van der Waals surface area contributed by atoms with Gasteiger partial charge in [-0.2, -0.15) is 18.3 Å². The molecule has 2 aromatic rings. The Morgan fingerprint density at radius 3 is 2.41 bits per heavy atom. The number of methoxy groups -OCH3 is 1. The second kappa shape index (κ2) is 7.93. The molecule has 0 unspecified atom stereocenters. The number of hydrogen-bond donors (Lipinski definition) is 0. The van der Waals surface area contributed by atoms with E-state index in [2.05, 4.69) is 10.1 Å². The Morgan fingerprint density at radius 2 is 1.86 bits per heavy atom. The van der Waals surface area contributed by atoms with Crippen LogP contribution in [0.5, 0.6) is 0 Å². The van der Waals surface area contributed by atoms with Crippen LogP contribution in [0.25, 0.3) is 5.65 Å². The van der Waals surface area contributed by atoms with Gasteiger partial charge < -0.3 is 9.64 Å². The molecule has 6 nitrogen and oxygen atoms in total. The van der Waals surface area contributed by atoms with E-state index in [0.29, 0.717) is 50.3 Å². The number of halogens is 3. The Hall–Kier alpha value is -2.16. The zero-order valence-corrected chi connectivity index (χ0v) is 17.2. The molecule has 9 heteroatoms. The highest BCUT2D eigenvalue weighted by atomic mass is 19.4. The lowest BCUT2D eigenvalue weighted by molar-refractivity contribution is -0.142. The van der Waals surface area contributed by atoms with Crippen LogP contribution in [0.3, 0.4) is 0 Å². The zero-order valence-electron chi connectivity index (χ0n) is 17.2. The zero-order chi connectivity index (χ0) is 21.4. The van der Waals surface area contributed by atoms with E-state index in [1.807, 2.05) is 20.8 Å². The third kappa shape index (κ3) is 4.71. The van der Waals surface area contributed by atoms with E-state index >= 15 is 0 Å². The molecule has 0 N–H and O–H groups in total. The fourth-order valence-corrected chi connectivity index (χ4v) is 3.54. The maximum atomic E-state index is 13.7. The van der Waals surface area contributed by atoms with Crippen LogP contribution in [0.15, 0.2) is 12.1 Å². The number of aromatic nitrogens is 3. The second-order valence-corrected chi connectivity index (χ2v) is 8.51. The summed E-state index contributed by atoms with van der Waals surface area (Å²) in [7, 11) is 1.54. The SMILES string of the molecule is COCCC(=O)N1CCC(c2cc(C(F)(F)F)n3nc(C(C)(C)C)cc3n2)CC1. The van der Waals surface area contributed by atoms with Crippen molar-refractivity contribution < 1.29 is 22.7 Å². The molecule has 1 aliphatic heterocycles. The number of amides is 1. The summed E-state index contributed by atoms with van der Waals surface area (Å²) in [6.07, 6.45) is -3.05. The molecular formula is C20H27F3N4O2. The maximum Gasteiger partial charge on any atom is 0.433 e. The Balaban J connectivity index is 1.88. The highest BCUT2D eigenvalue weighted by molar-refractivity contribution is 5.76. The first kappa shape index (κ1) is 21.5. The predicted octanol–water partition coefficient (Wildman–Crippen LogP) is 3.79. The molecular weight excluding hydrogens is 385 g/mol. The first-order chi connectivity index (χ1) is 13.5. The first-order valence-corrected chi connectivity index (χ1v) is 9.76. The first-order valence-electron chi connectivity index (χ1n) is 9.76. The van der Waals surface area contributed by atoms with Gasteiger partial charge in [-0.3, -0.25) is 4.79 Å². The monoisotopic (exact) mass is 412 g/mol. The minimum atomic E-state index is -4.53. The molecule has 0 aromatic carbocycles. The van der Waals surface area contributed by atoms with Gasteiger partial charge in [-0.15, -0.1) is 0 Å². The summed E-state index contributed by atoms with van der Waals surface area (Å²) in [5.41, 5.74) is -0.0182. The Kier molecular flexibility index (Phi) is 5.89. The molecule has 3 rings (SSSR count). The molecule has 3 heterocycles. The summed E-state index contributed by atoms with van der Waals surface area (Å²) in [4.78, 5) is 18.4. The lowest BCUT2D eigenvalue weighted by atomic mass is 9.92. The third-order valence-electron chi connectivity index (χ3n) is 5.29. The molecule has 0 atom stereocenters. The van der Waals surface area contributed by atoms with Gasteiger partial charge in [0.2, 0.25) is 5.91 Å². The Bertz CT molecular complexity index is 878. The van der Waals surface area contributed by atoms with Gasteiger partial charge in [0, 0.05) is 43.3 Å². The molecule has 1 aliphatic rings. The van der Waals surface area contributed by atoms with Gasteiger partial charge >= 0.3 is 6.18 Å². The molecule has 29 heavy (non-hydrogen) atoms. The van der Waals surface area contributed by atoms with E-state index in [1.165, 1.54) is 0 Å². The Morgan fingerprint density at radius 1 is 1.21 bits per heavy atom. The number of likely N-dealkylation sites (tertiary alicyclic amines) is 1. The molecule has 1 fully saturated rings. The van der Waals surface area contributed by atoms with Crippen LogP contribution >= 0.6 is 0 Å². The number of carbonyl (C=O) groups is 1. The number of alkyl halides is 3. The van der Waals surface area contributed by atoms with Crippen LogP contribution in [-0.2, 0) is 21.1 Å². The Labute approximate surface area is 168 Å². The summed E-state index contributed by atoms with van der Waals surface area (Å²) in [6, 6.07) is 2.74. The van der Waals surface area contributed by atoms with Gasteiger partial charge in [-0.25, -0.2) is 9.50 Å². The highest BCUT2D eigenvalue weighted by Gasteiger charge is 2.37. The van der Waals surface area contributed by atoms with E-state index in [1.54, 1.807) is 18.1 Å². The number of carbonyl (C=O) groups excluding carboxylic acids is 1. The van der Waals surface area contributed by atoms with Gasteiger partial charge in [0.15, 0.2) is 5.65 Å². The lowest BCUT2D eigenvalue weighted by Gasteiger charge is -2.32. The standard InChI is InChI=1S/C20H27F3N4O2/c1-19(2,3)15-12-17-24-14(11-16(20(21,22)23)27(17)25-15)13-5-8-26(9-6-13)18(28)7-10-29-4/h11-13H,5-10H2,1-4H3. The normalized spacial score (nSPS) is 16.6. The van der Waals surface area contributed by atoms with Gasteiger partial charge in [-0.1, -0.05) is 20.8 Å². The molecule has 0 spiro atoms. The summed E-state index contributed by atoms with van der Waals surface area (Å²) >= 11 is 0. The van der Waals surface area contributed by atoms with E-state index in [0.717, 1.165) is 10.6 Å². The maximum absolute atomic E-state index is 13.7. The quantitative estimate of drug-likeness (QED) is 0.767. The van der Waals surface area contributed by atoms with Crippen molar-refractivity contribution in [1.29, 1.82) is 0 Å². The second-order valence-electron chi connectivity index (χ2n) is 8.51. The number of rotatable bonds is 4. The van der Waals surface area contributed by atoms with Crippen LogP contribution in [0, 0.1) is 0 Å². The molecule has 0 radical (unpaired) electrons. The van der Waals surface area contributed by atoms with Crippen LogP contribution in [0.4, 0.5) is 13.2 Å². The topological polar surface area (TPSA) is 59.7 Å². The predicted molar refractivity (Wildman–Crippen MR) is 102 cm³/mol. The van der Waals surface area contributed by atoms with Crippen molar-refractivity contribution >= 4 is 11.6 Å². The van der Waals surface area contributed by atoms with Crippen molar-refractivity contribution in [2.45, 2.75) is 57.5 Å². The number of hydrogen-bond acceptors (Lipinski definition) is 4. The highest BCUT2D eigenvalue weighted by Crippen LogP contribution is 2.35. The van der Waals surface area contributed by atoms with Gasteiger partial charge in [0.25, 0.3) is 0 Å². The minimum Gasteiger partial charge on any atom is -0.384 e.